The van der Waals surface area contributed by atoms with E-state index in [1.165, 1.54) is 6.34 Å². The summed E-state index contributed by atoms with van der Waals surface area (Å²) in [5.74, 6) is 0. The molecule has 54 valence electrons. The van der Waals surface area contributed by atoms with E-state index in [1.54, 1.807) is 6.08 Å². The predicted octanol–water partition coefficient (Wildman–Crippen LogP) is 2.20. The SMILES string of the molecule is C=CC(N=CN=C)=C(C)C. The molecule has 2 heteroatoms. The number of allylic oxidation sites excluding steroid dienone is 2. The van der Waals surface area contributed by atoms with Crippen LogP contribution in [0.5, 0.6) is 0 Å². The largest absolute Gasteiger partial charge is 0.253 e. The zero-order chi connectivity index (χ0) is 7.98. The van der Waals surface area contributed by atoms with E-state index in [-0.39, 0.29) is 0 Å². The van der Waals surface area contributed by atoms with Crippen LogP contribution in [0.3, 0.4) is 0 Å². The van der Waals surface area contributed by atoms with Crippen LogP contribution >= 0.6 is 0 Å². The highest BCUT2D eigenvalue weighted by atomic mass is 14.8. The van der Waals surface area contributed by atoms with Gasteiger partial charge in [-0.3, -0.25) is 4.99 Å². The summed E-state index contributed by atoms with van der Waals surface area (Å²) in [5.41, 5.74) is 1.97. The summed E-state index contributed by atoms with van der Waals surface area (Å²) in [6.07, 6.45) is 3.10. The van der Waals surface area contributed by atoms with E-state index in [0.29, 0.717) is 0 Å². The summed E-state index contributed by atoms with van der Waals surface area (Å²) in [6.45, 7) is 10.8. The van der Waals surface area contributed by atoms with Crippen LogP contribution in [0.4, 0.5) is 0 Å². The fourth-order valence-corrected chi connectivity index (χ4v) is 0.489. The summed E-state index contributed by atoms with van der Waals surface area (Å²) in [6, 6.07) is 0. The zero-order valence-corrected chi connectivity index (χ0v) is 6.46. The lowest BCUT2D eigenvalue weighted by molar-refractivity contribution is 1.26. The van der Waals surface area contributed by atoms with E-state index >= 15 is 0 Å². The van der Waals surface area contributed by atoms with Gasteiger partial charge in [-0.25, -0.2) is 4.99 Å². The van der Waals surface area contributed by atoms with Gasteiger partial charge in [0.25, 0.3) is 0 Å². The Labute approximate surface area is 61.7 Å². The van der Waals surface area contributed by atoms with Gasteiger partial charge in [0.1, 0.15) is 6.34 Å². The molecular weight excluding hydrogens is 124 g/mol. The third-order valence-electron chi connectivity index (χ3n) is 0.984. The second-order valence-electron chi connectivity index (χ2n) is 2.02. The summed E-state index contributed by atoms with van der Waals surface area (Å²) in [5, 5.41) is 0. The molecule has 0 aromatic heterocycles. The Hall–Kier alpha value is -1.18. The third kappa shape index (κ3) is 2.97. The normalized spacial score (nSPS) is 9.40. The van der Waals surface area contributed by atoms with Crippen molar-refractivity contribution >= 4 is 13.1 Å². The van der Waals surface area contributed by atoms with Gasteiger partial charge in [-0.05, 0) is 26.6 Å². The number of hydrogen-bond acceptors (Lipinski definition) is 1. The van der Waals surface area contributed by atoms with Gasteiger partial charge in [0, 0.05) is 0 Å². The van der Waals surface area contributed by atoms with E-state index < -0.39 is 0 Å². The Morgan fingerprint density at radius 1 is 1.40 bits per heavy atom. The second-order valence-corrected chi connectivity index (χ2v) is 2.02. The first-order chi connectivity index (χ1) is 4.72. The van der Waals surface area contributed by atoms with Gasteiger partial charge in [0.05, 0.1) is 5.70 Å². The third-order valence-corrected chi connectivity index (χ3v) is 0.984. The van der Waals surface area contributed by atoms with Crippen molar-refractivity contribution in [3.8, 4) is 0 Å². The molecule has 0 fully saturated rings. The maximum absolute atomic E-state index is 3.97. The lowest BCUT2D eigenvalue weighted by Crippen LogP contribution is -1.76. The highest BCUT2D eigenvalue weighted by Crippen LogP contribution is 2.04. The zero-order valence-electron chi connectivity index (χ0n) is 6.46. The minimum atomic E-state index is 0.854. The molecule has 0 aromatic carbocycles. The van der Waals surface area contributed by atoms with Crippen molar-refractivity contribution in [3.05, 3.63) is 23.9 Å². The average Bonchev–Trinajstić information content (AvgIpc) is 1.89. The molecule has 2 nitrogen and oxygen atoms in total. The molecule has 0 radical (unpaired) electrons. The molecule has 0 N–H and O–H groups in total. The van der Waals surface area contributed by atoms with Crippen LogP contribution in [-0.2, 0) is 0 Å². The van der Waals surface area contributed by atoms with Crippen LogP contribution in [0.25, 0.3) is 0 Å². The first kappa shape index (κ1) is 8.82. The van der Waals surface area contributed by atoms with Crippen molar-refractivity contribution < 1.29 is 0 Å². The van der Waals surface area contributed by atoms with Crippen molar-refractivity contribution in [2.24, 2.45) is 9.98 Å². The summed E-state index contributed by atoms with van der Waals surface area (Å²) >= 11 is 0. The number of nitrogens with zero attached hydrogens (tertiary/aromatic N) is 2. The molecule has 0 unspecified atom stereocenters. The van der Waals surface area contributed by atoms with Crippen LogP contribution in [0.2, 0.25) is 0 Å². The molecule has 0 saturated heterocycles. The lowest BCUT2D eigenvalue weighted by atomic mass is 10.2. The van der Waals surface area contributed by atoms with Crippen molar-refractivity contribution in [2.45, 2.75) is 13.8 Å². The molecule has 0 atom stereocenters. The smallest absolute Gasteiger partial charge is 0.115 e. The molecule has 0 bridgehead atoms. The Morgan fingerprint density at radius 2 is 2.00 bits per heavy atom. The quantitative estimate of drug-likeness (QED) is 0.323. The molecule has 0 spiro atoms. The summed E-state index contributed by atoms with van der Waals surface area (Å²) < 4.78 is 0. The van der Waals surface area contributed by atoms with Crippen molar-refractivity contribution in [1.82, 2.24) is 0 Å². The molecule has 0 heterocycles. The molecule has 0 aliphatic heterocycles. The molecule has 0 aliphatic carbocycles. The summed E-state index contributed by atoms with van der Waals surface area (Å²) in [7, 11) is 0. The van der Waals surface area contributed by atoms with Gasteiger partial charge in [-0.1, -0.05) is 12.2 Å². The van der Waals surface area contributed by atoms with Gasteiger partial charge in [0.15, 0.2) is 0 Å². The number of aliphatic imine (C=N–C) groups is 2. The maximum atomic E-state index is 3.97. The number of hydrogen-bond donors (Lipinski definition) is 0. The first-order valence-corrected chi connectivity index (χ1v) is 3.00. The fourth-order valence-electron chi connectivity index (χ4n) is 0.489. The van der Waals surface area contributed by atoms with Crippen LogP contribution in [-0.4, -0.2) is 13.1 Å². The van der Waals surface area contributed by atoms with E-state index in [1.807, 2.05) is 13.8 Å². The van der Waals surface area contributed by atoms with E-state index in [2.05, 4.69) is 23.3 Å². The molecule has 10 heavy (non-hydrogen) atoms. The number of rotatable bonds is 3. The summed E-state index contributed by atoms with van der Waals surface area (Å²) in [4.78, 5) is 7.45. The van der Waals surface area contributed by atoms with Crippen LogP contribution < -0.4 is 0 Å². The molecule has 0 aliphatic rings. The van der Waals surface area contributed by atoms with Gasteiger partial charge in [-0.2, -0.15) is 0 Å². The van der Waals surface area contributed by atoms with Crippen LogP contribution in [0.15, 0.2) is 33.9 Å². The van der Waals surface area contributed by atoms with E-state index in [4.69, 9.17) is 0 Å². The topological polar surface area (TPSA) is 24.7 Å². The maximum Gasteiger partial charge on any atom is 0.115 e. The molecule has 0 rings (SSSR count). The molecule has 0 aromatic rings. The van der Waals surface area contributed by atoms with Crippen molar-refractivity contribution in [2.75, 3.05) is 0 Å². The Balaban J connectivity index is 4.38. The minimum absolute atomic E-state index is 0.854. The van der Waals surface area contributed by atoms with E-state index in [0.717, 1.165) is 11.3 Å². The van der Waals surface area contributed by atoms with Gasteiger partial charge >= 0.3 is 0 Å². The van der Waals surface area contributed by atoms with Crippen molar-refractivity contribution in [3.63, 3.8) is 0 Å². The standard InChI is InChI=1S/C8H12N2/c1-5-8(7(2)3)10-6-9-4/h5-6H,1,4H2,2-3H3. The van der Waals surface area contributed by atoms with Crippen molar-refractivity contribution in [1.29, 1.82) is 0 Å². The van der Waals surface area contributed by atoms with Crippen LogP contribution in [0, 0.1) is 0 Å². The van der Waals surface area contributed by atoms with Gasteiger partial charge in [0.2, 0.25) is 0 Å². The Kier molecular flexibility index (Phi) is 4.12. The Morgan fingerprint density at radius 3 is 2.30 bits per heavy atom. The molecule has 0 saturated carbocycles. The van der Waals surface area contributed by atoms with Crippen LogP contribution in [0.1, 0.15) is 13.8 Å². The molecular formula is C8H12N2. The Bertz CT molecular complexity index is 183. The molecule has 0 amide bonds. The van der Waals surface area contributed by atoms with Gasteiger partial charge in [-0.15, -0.1) is 0 Å². The highest BCUT2D eigenvalue weighted by molar-refractivity contribution is 5.63. The van der Waals surface area contributed by atoms with Gasteiger partial charge < -0.3 is 0 Å². The predicted molar refractivity (Wildman–Crippen MR) is 46.6 cm³/mol. The first-order valence-electron chi connectivity index (χ1n) is 3.00. The fraction of sp³-hybridized carbons (Fsp3) is 0.250. The van der Waals surface area contributed by atoms with E-state index in [9.17, 15) is 0 Å². The monoisotopic (exact) mass is 136 g/mol. The highest BCUT2D eigenvalue weighted by Gasteiger charge is 1.86. The lowest BCUT2D eigenvalue weighted by Gasteiger charge is -1.93. The second kappa shape index (κ2) is 4.68. The minimum Gasteiger partial charge on any atom is -0.253 e. The average molecular weight is 136 g/mol.